The Morgan fingerprint density at radius 2 is 1.35 bits per heavy atom. The Balaban J connectivity index is 1.60. The summed E-state index contributed by atoms with van der Waals surface area (Å²) in [5, 5.41) is 9.57. The molecule has 3 aliphatic rings. The van der Waals surface area contributed by atoms with Crippen LogP contribution in [-0.4, -0.2) is 35.1 Å². The van der Waals surface area contributed by atoms with Gasteiger partial charge in [0.2, 0.25) is 0 Å². The van der Waals surface area contributed by atoms with Crippen molar-refractivity contribution in [3.8, 4) is 0 Å². The third-order valence-corrected chi connectivity index (χ3v) is 8.72. The first kappa shape index (κ1) is 25.5. The summed E-state index contributed by atoms with van der Waals surface area (Å²) >= 11 is 0. The maximum absolute atomic E-state index is 13.2. The van der Waals surface area contributed by atoms with Gasteiger partial charge in [0.25, 0.3) is 0 Å². The largest absolute Gasteiger partial charge is 0.481 e. The molecule has 0 aliphatic heterocycles. The smallest absolute Gasteiger partial charge is 0.416 e. The van der Waals surface area contributed by atoms with Crippen LogP contribution in [0.5, 0.6) is 0 Å². The maximum Gasteiger partial charge on any atom is 0.416 e. The van der Waals surface area contributed by atoms with Crippen LogP contribution in [0, 0.1) is 17.8 Å². The molecule has 0 unspecified atom stereocenters. The highest BCUT2D eigenvalue weighted by molar-refractivity contribution is 5.67. The lowest BCUT2D eigenvalue weighted by Gasteiger charge is -2.40. The minimum Gasteiger partial charge on any atom is -0.481 e. The van der Waals surface area contributed by atoms with Gasteiger partial charge in [-0.3, -0.25) is 9.69 Å². The van der Waals surface area contributed by atoms with E-state index in [2.05, 4.69) is 4.90 Å². The molecule has 0 amide bonds. The average molecular weight is 480 g/mol. The Morgan fingerprint density at radius 3 is 1.82 bits per heavy atom. The van der Waals surface area contributed by atoms with E-state index in [4.69, 9.17) is 0 Å². The summed E-state index contributed by atoms with van der Waals surface area (Å²) in [4.78, 5) is 14.3. The molecule has 3 atom stereocenters. The second-order valence-corrected chi connectivity index (χ2v) is 11.1. The lowest BCUT2D eigenvalue weighted by Crippen LogP contribution is -2.44. The van der Waals surface area contributed by atoms with E-state index in [9.17, 15) is 23.1 Å². The molecule has 1 aromatic rings. The van der Waals surface area contributed by atoms with Crippen LogP contribution in [-0.2, 0) is 11.0 Å². The molecule has 3 saturated carbocycles. The number of rotatable bonds is 8. The van der Waals surface area contributed by atoms with E-state index in [1.54, 1.807) is 12.1 Å². The van der Waals surface area contributed by atoms with Crippen molar-refractivity contribution >= 4 is 5.97 Å². The number of alkyl halides is 3. The van der Waals surface area contributed by atoms with Gasteiger partial charge >= 0.3 is 12.1 Å². The molecule has 34 heavy (non-hydrogen) atoms. The molecule has 3 fully saturated rings. The van der Waals surface area contributed by atoms with E-state index >= 15 is 0 Å². The van der Waals surface area contributed by atoms with Gasteiger partial charge in [-0.15, -0.1) is 0 Å². The van der Waals surface area contributed by atoms with Gasteiger partial charge in [-0.2, -0.15) is 13.2 Å². The van der Waals surface area contributed by atoms with Gasteiger partial charge < -0.3 is 5.11 Å². The summed E-state index contributed by atoms with van der Waals surface area (Å²) in [6.45, 7) is 2.11. The Kier molecular flexibility index (Phi) is 8.60. The number of nitrogens with zero attached hydrogens (tertiary/aromatic N) is 1. The molecule has 3 nitrogen and oxygen atoms in total. The molecule has 0 bridgehead atoms. The van der Waals surface area contributed by atoms with Crippen LogP contribution in [0.4, 0.5) is 13.2 Å². The van der Waals surface area contributed by atoms with Crippen molar-refractivity contribution in [3.05, 3.63) is 35.4 Å². The summed E-state index contributed by atoms with van der Waals surface area (Å²) in [5.74, 6) is 0.506. The number of carboxylic acids is 1. The van der Waals surface area contributed by atoms with Crippen molar-refractivity contribution < 1.29 is 23.1 Å². The number of benzene rings is 1. The van der Waals surface area contributed by atoms with Gasteiger partial charge in [-0.1, -0.05) is 50.7 Å². The van der Waals surface area contributed by atoms with Crippen molar-refractivity contribution in [3.63, 3.8) is 0 Å². The maximum atomic E-state index is 13.2. The van der Waals surface area contributed by atoms with Gasteiger partial charge in [-0.25, -0.2) is 0 Å². The topological polar surface area (TPSA) is 40.5 Å². The third kappa shape index (κ3) is 6.56. The Labute approximate surface area is 202 Å². The first-order valence-corrected chi connectivity index (χ1v) is 13.4. The number of hydrogen-bond donors (Lipinski definition) is 1. The second kappa shape index (κ2) is 11.5. The van der Waals surface area contributed by atoms with E-state index in [0.29, 0.717) is 11.8 Å². The zero-order chi connectivity index (χ0) is 24.1. The first-order valence-electron chi connectivity index (χ1n) is 13.4. The molecule has 6 heteroatoms. The van der Waals surface area contributed by atoms with Crippen LogP contribution in [0.1, 0.15) is 101 Å². The summed E-state index contributed by atoms with van der Waals surface area (Å²) in [6.07, 6.45) is 10.3. The normalized spacial score (nSPS) is 27.4. The molecule has 3 aliphatic carbocycles. The zero-order valence-electron chi connectivity index (χ0n) is 20.2. The SMILES string of the molecule is O=C(O)C[C@H]1CC[C@H](N(CC2CCCCC2)CC2CCCCC2)[C@@H]1c1ccc(C(F)(F)F)cc1. The van der Waals surface area contributed by atoms with Crippen molar-refractivity contribution in [1.82, 2.24) is 4.90 Å². The fourth-order valence-corrected chi connectivity index (χ4v) is 7.06. The third-order valence-electron chi connectivity index (χ3n) is 8.72. The fourth-order valence-electron chi connectivity index (χ4n) is 7.06. The number of carbonyl (C=O) groups is 1. The number of carboxylic acid groups (broad SMARTS) is 1. The van der Waals surface area contributed by atoms with Gasteiger partial charge in [0.05, 0.1) is 5.56 Å². The van der Waals surface area contributed by atoms with Gasteiger partial charge in [0.1, 0.15) is 0 Å². The number of halogens is 3. The quantitative estimate of drug-likeness (QED) is 0.419. The standard InChI is InChI=1S/C28H40F3NO2/c29-28(30,31)24-14-11-22(12-15-24)27-23(17-26(33)34)13-16-25(27)32(18-20-7-3-1-4-8-20)19-21-9-5-2-6-10-21/h11-12,14-15,20-21,23,25,27H,1-10,13,16-19H2,(H,33,34)/t23-,25+,27-/m1/s1. The Bertz CT molecular complexity index is 762. The number of aliphatic carboxylic acids is 1. The van der Waals surface area contributed by atoms with Gasteiger partial charge in [0.15, 0.2) is 0 Å². The summed E-state index contributed by atoms with van der Waals surface area (Å²) in [5.41, 5.74) is 0.237. The highest BCUT2D eigenvalue weighted by atomic mass is 19.4. The molecule has 0 saturated heterocycles. The number of hydrogen-bond acceptors (Lipinski definition) is 2. The van der Waals surface area contributed by atoms with Crippen LogP contribution in [0.2, 0.25) is 0 Å². The minimum atomic E-state index is -4.36. The monoisotopic (exact) mass is 479 g/mol. The molecule has 0 radical (unpaired) electrons. The van der Waals surface area contributed by atoms with Gasteiger partial charge in [-0.05, 0) is 74.0 Å². The molecule has 1 N–H and O–H groups in total. The summed E-state index contributed by atoms with van der Waals surface area (Å²) < 4.78 is 39.6. The van der Waals surface area contributed by atoms with E-state index in [1.165, 1.54) is 76.3 Å². The van der Waals surface area contributed by atoms with Crippen LogP contribution >= 0.6 is 0 Å². The van der Waals surface area contributed by atoms with Gasteiger partial charge in [0, 0.05) is 31.5 Å². The highest BCUT2D eigenvalue weighted by Crippen LogP contribution is 2.46. The molecule has 0 spiro atoms. The fraction of sp³-hybridized carbons (Fsp3) is 0.750. The molecule has 190 valence electrons. The molecular weight excluding hydrogens is 439 g/mol. The minimum absolute atomic E-state index is 0.0226. The van der Waals surface area contributed by atoms with E-state index < -0.39 is 17.7 Å². The molecular formula is C28H40F3NO2. The van der Waals surface area contributed by atoms with Crippen molar-refractivity contribution in [2.45, 2.75) is 102 Å². The van der Waals surface area contributed by atoms with Crippen molar-refractivity contribution in [2.24, 2.45) is 17.8 Å². The predicted octanol–water partition coefficient (Wildman–Crippen LogP) is 7.50. The molecule has 0 heterocycles. The van der Waals surface area contributed by atoms with Crippen molar-refractivity contribution in [2.75, 3.05) is 13.1 Å². The first-order chi connectivity index (χ1) is 16.3. The Hall–Kier alpha value is -1.56. The summed E-state index contributed by atoms with van der Waals surface area (Å²) in [6, 6.07) is 5.79. The predicted molar refractivity (Wildman–Crippen MR) is 128 cm³/mol. The van der Waals surface area contributed by atoms with Crippen molar-refractivity contribution in [1.29, 1.82) is 0 Å². The van der Waals surface area contributed by atoms with Crippen LogP contribution in [0.25, 0.3) is 0 Å². The van der Waals surface area contributed by atoms with Crippen LogP contribution < -0.4 is 0 Å². The lowest BCUT2D eigenvalue weighted by molar-refractivity contribution is -0.138. The summed E-state index contributed by atoms with van der Waals surface area (Å²) in [7, 11) is 0. The zero-order valence-corrected chi connectivity index (χ0v) is 20.2. The molecule has 1 aromatic carbocycles. The highest BCUT2D eigenvalue weighted by Gasteiger charge is 2.42. The molecule has 4 rings (SSSR count). The lowest BCUT2D eigenvalue weighted by atomic mass is 9.82. The van der Waals surface area contributed by atoms with Crippen LogP contribution in [0.3, 0.4) is 0 Å². The Morgan fingerprint density at radius 1 is 0.824 bits per heavy atom. The van der Waals surface area contributed by atoms with E-state index in [-0.39, 0.29) is 24.3 Å². The van der Waals surface area contributed by atoms with Crippen LogP contribution in [0.15, 0.2) is 24.3 Å². The average Bonchev–Trinajstić information content (AvgIpc) is 3.22. The van der Waals surface area contributed by atoms with E-state index in [0.717, 1.165) is 31.5 Å². The second-order valence-electron chi connectivity index (χ2n) is 11.1. The molecule has 0 aromatic heterocycles. The van der Waals surface area contributed by atoms with E-state index in [1.807, 2.05) is 0 Å².